The first kappa shape index (κ1) is 15.4. The van der Waals surface area contributed by atoms with Crippen LogP contribution in [0.4, 0.5) is 23.2 Å². The fraction of sp³-hybridized carbons (Fsp3) is 0.0667. The molecular formula is C15H8F4N2OS. The van der Waals surface area contributed by atoms with Crippen LogP contribution >= 0.6 is 11.3 Å². The Labute approximate surface area is 131 Å². The minimum absolute atomic E-state index is 0.0312. The van der Waals surface area contributed by atoms with Gasteiger partial charge in [-0.2, -0.15) is 13.2 Å². The van der Waals surface area contributed by atoms with Gasteiger partial charge in [0.05, 0.1) is 15.8 Å². The Bertz CT molecular complexity index is 871. The van der Waals surface area contributed by atoms with E-state index in [0.717, 1.165) is 23.5 Å². The molecule has 0 bridgehead atoms. The van der Waals surface area contributed by atoms with Gasteiger partial charge in [-0.15, -0.1) is 11.3 Å². The maximum Gasteiger partial charge on any atom is 0.416 e. The normalized spacial score (nSPS) is 11.7. The smallest absolute Gasteiger partial charge is 0.320 e. The van der Waals surface area contributed by atoms with Gasteiger partial charge in [-0.1, -0.05) is 0 Å². The lowest BCUT2D eigenvalue weighted by Crippen LogP contribution is -2.11. The molecule has 3 rings (SSSR count). The molecule has 0 radical (unpaired) electrons. The molecule has 3 aromatic rings. The van der Waals surface area contributed by atoms with E-state index in [2.05, 4.69) is 10.3 Å². The van der Waals surface area contributed by atoms with Crippen LogP contribution in [0, 0.1) is 5.82 Å². The minimum Gasteiger partial charge on any atom is -0.320 e. The summed E-state index contributed by atoms with van der Waals surface area (Å²) in [6.45, 7) is 0. The van der Waals surface area contributed by atoms with Crippen molar-refractivity contribution in [2.75, 3.05) is 5.32 Å². The van der Waals surface area contributed by atoms with E-state index in [1.54, 1.807) is 0 Å². The van der Waals surface area contributed by atoms with Crippen molar-refractivity contribution in [1.82, 2.24) is 4.98 Å². The van der Waals surface area contributed by atoms with Gasteiger partial charge in [-0.25, -0.2) is 9.37 Å². The van der Waals surface area contributed by atoms with Crippen LogP contribution in [0.2, 0.25) is 0 Å². The van der Waals surface area contributed by atoms with Gasteiger partial charge in [0.15, 0.2) is 5.01 Å². The summed E-state index contributed by atoms with van der Waals surface area (Å²) >= 11 is 0.983. The highest BCUT2D eigenvalue weighted by atomic mass is 32.1. The fourth-order valence-electron chi connectivity index (χ4n) is 1.92. The molecule has 8 heteroatoms. The predicted octanol–water partition coefficient (Wildman–Crippen LogP) is 4.71. The lowest BCUT2D eigenvalue weighted by atomic mass is 10.2. The van der Waals surface area contributed by atoms with E-state index in [1.807, 2.05) is 0 Å². The topological polar surface area (TPSA) is 42.0 Å². The standard InChI is InChI=1S/C15H8F4N2OS/c16-9-2-4-10(5-3-9)20-13(22)14-21-11-7-8(15(17,18)19)1-6-12(11)23-14/h1-7H,(H,20,22). The molecule has 23 heavy (non-hydrogen) atoms. The van der Waals surface area contributed by atoms with Crippen molar-refractivity contribution in [2.45, 2.75) is 6.18 Å². The Morgan fingerprint density at radius 3 is 2.43 bits per heavy atom. The monoisotopic (exact) mass is 340 g/mol. The molecule has 1 aromatic heterocycles. The number of halogens is 4. The Morgan fingerprint density at radius 1 is 1.09 bits per heavy atom. The molecule has 0 saturated carbocycles. The summed E-state index contributed by atoms with van der Waals surface area (Å²) in [6.07, 6.45) is -4.46. The second-order valence-corrected chi connectivity index (χ2v) is 5.69. The molecule has 0 unspecified atom stereocenters. The molecule has 0 aliphatic heterocycles. The number of nitrogens with one attached hydrogen (secondary N) is 1. The van der Waals surface area contributed by atoms with Crippen LogP contribution in [0.15, 0.2) is 42.5 Å². The number of hydrogen-bond donors (Lipinski definition) is 1. The Balaban J connectivity index is 1.87. The second-order valence-electron chi connectivity index (χ2n) is 4.66. The van der Waals surface area contributed by atoms with E-state index < -0.39 is 23.5 Å². The third-order valence-corrected chi connectivity index (χ3v) is 4.05. The van der Waals surface area contributed by atoms with E-state index in [4.69, 9.17) is 0 Å². The zero-order valence-electron chi connectivity index (χ0n) is 11.3. The van der Waals surface area contributed by atoms with Gasteiger partial charge in [0, 0.05) is 5.69 Å². The number of rotatable bonds is 2. The number of nitrogens with zero attached hydrogens (tertiary/aromatic N) is 1. The number of carbonyl (C=O) groups is 1. The molecule has 1 amide bonds. The summed E-state index contributed by atoms with van der Waals surface area (Å²) in [6, 6.07) is 8.25. The first-order valence-electron chi connectivity index (χ1n) is 6.37. The molecule has 0 atom stereocenters. The lowest BCUT2D eigenvalue weighted by Gasteiger charge is -2.04. The molecule has 118 valence electrons. The zero-order chi connectivity index (χ0) is 16.6. The summed E-state index contributed by atoms with van der Waals surface area (Å²) in [5.74, 6) is -1.01. The van der Waals surface area contributed by atoms with Crippen LogP contribution in [0.1, 0.15) is 15.4 Å². The quantitative estimate of drug-likeness (QED) is 0.687. The summed E-state index contributed by atoms with van der Waals surface area (Å²) in [4.78, 5) is 16.0. The van der Waals surface area contributed by atoms with E-state index in [9.17, 15) is 22.4 Å². The van der Waals surface area contributed by atoms with Gasteiger partial charge < -0.3 is 5.32 Å². The molecule has 0 aliphatic carbocycles. The van der Waals surface area contributed by atoms with E-state index >= 15 is 0 Å². The van der Waals surface area contributed by atoms with Gasteiger partial charge in [-0.3, -0.25) is 4.79 Å². The van der Waals surface area contributed by atoms with E-state index in [0.29, 0.717) is 10.4 Å². The van der Waals surface area contributed by atoms with Crippen LogP contribution in [0.5, 0.6) is 0 Å². The van der Waals surface area contributed by atoms with Gasteiger partial charge in [0.25, 0.3) is 5.91 Å². The van der Waals surface area contributed by atoms with Gasteiger partial charge in [0.2, 0.25) is 0 Å². The molecule has 2 aromatic carbocycles. The number of carbonyl (C=O) groups excluding carboxylic acids is 1. The second kappa shape index (κ2) is 5.62. The van der Waals surface area contributed by atoms with Gasteiger partial charge in [-0.05, 0) is 42.5 Å². The SMILES string of the molecule is O=C(Nc1ccc(F)cc1)c1nc2cc(C(F)(F)F)ccc2s1. The van der Waals surface area contributed by atoms with Crippen molar-refractivity contribution in [3.8, 4) is 0 Å². The fourth-order valence-corrected chi connectivity index (χ4v) is 2.76. The molecule has 1 heterocycles. The minimum atomic E-state index is -4.46. The third kappa shape index (κ3) is 3.31. The summed E-state index contributed by atoms with van der Waals surface area (Å²) < 4.78 is 51.3. The molecule has 0 aliphatic rings. The summed E-state index contributed by atoms with van der Waals surface area (Å²) in [5.41, 5.74) is -0.346. The lowest BCUT2D eigenvalue weighted by molar-refractivity contribution is -0.137. The molecule has 3 nitrogen and oxygen atoms in total. The van der Waals surface area contributed by atoms with Crippen LogP contribution in [-0.2, 0) is 6.18 Å². The molecule has 1 N–H and O–H groups in total. The van der Waals surface area contributed by atoms with Crippen molar-refractivity contribution in [3.05, 3.63) is 58.9 Å². The zero-order valence-corrected chi connectivity index (χ0v) is 12.1. The van der Waals surface area contributed by atoms with Crippen molar-refractivity contribution < 1.29 is 22.4 Å². The highest BCUT2D eigenvalue weighted by Gasteiger charge is 2.31. The number of fused-ring (bicyclic) bond motifs is 1. The average Bonchev–Trinajstić information content (AvgIpc) is 2.92. The number of amides is 1. The van der Waals surface area contributed by atoms with E-state index in [1.165, 1.54) is 30.3 Å². The maximum atomic E-state index is 12.8. The third-order valence-electron chi connectivity index (χ3n) is 3.01. The van der Waals surface area contributed by atoms with Crippen molar-refractivity contribution in [3.63, 3.8) is 0 Å². The molecule has 0 spiro atoms. The molecular weight excluding hydrogens is 332 g/mol. The Morgan fingerprint density at radius 2 is 1.78 bits per heavy atom. The van der Waals surface area contributed by atoms with Crippen LogP contribution in [0.25, 0.3) is 10.2 Å². The Hall–Kier alpha value is -2.48. The van der Waals surface area contributed by atoms with Crippen molar-refractivity contribution in [2.24, 2.45) is 0 Å². The first-order chi connectivity index (χ1) is 10.8. The van der Waals surface area contributed by atoms with Crippen molar-refractivity contribution >= 4 is 33.1 Å². The summed E-state index contributed by atoms with van der Waals surface area (Å²) in [7, 11) is 0. The number of anilines is 1. The van der Waals surface area contributed by atoms with E-state index in [-0.39, 0.29) is 10.5 Å². The molecule has 0 saturated heterocycles. The van der Waals surface area contributed by atoms with Crippen LogP contribution in [0.3, 0.4) is 0 Å². The highest BCUT2D eigenvalue weighted by Crippen LogP contribution is 2.33. The predicted molar refractivity (Wildman–Crippen MR) is 79.0 cm³/mol. The number of hydrogen-bond acceptors (Lipinski definition) is 3. The first-order valence-corrected chi connectivity index (χ1v) is 7.19. The Kier molecular flexibility index (Phi) is 3.77. The average molecular weight is 340 g/mol. The highest BCUT2D eigenvalue weighted by molar-refractivity contribution is 7.20. The van der Waals surface area contributed by atoms with Crippen LogP contribution < -0.4 is 5.32 Å². The largest absolute Gasteiger partial charge is 0.416 e. The number of aromatic nitrogens is 1. The number of alkyl halides is 3. The molecule has 0 fully saturated rings. The number of thiazole rings is 1. The van der Waals surface area contributed by atoms with Gasteiger partial charge >= 0.3 is 6.18 Å². The van der Waals surface area contributed by atoms with Gasteiger partial charge in [0.1, 0.15) is 5.82 Å². The summed E-state index contributed by atoms with van der Waals surface area (Å²) in [5, 5.41) is 2.54. The van der Waals surface area contributed by atoms with Crippen molar-refractivity contribution in [1.29, 1.82) is 0 Å². The van der Waals surface area contributed by atoms with Crippen LogP contribution in [-0.4, -0.2) is 10.9 Å². The number of benzene rings is 2. The maximum absolute atomic E-state index is 12.8.